The Hall–Kier alpha value is -1.42. The highest BCUT2D eigenvalue weighted by Crippen LogP contribution is 2.32. The number of fused-ring (bicyclic) bond motifs is 1. The van der Waals surface area contributed by atoms with E-state index in [1.807, 2.05) is 17.2 Å². The Balaban J connectivity index is 1.72. The zero-order valence-electron chi connectivity index (χ0n) is 11.4. The van der Waals surface area contributed by atoms with Crippen molar-refractivity contribution in [3.63, 3.8) is 0 Å². The molecular weight excluding hydrogens is 274 g/mol. The van der Waals surface area contributed by atoms with Gasteiger partial charge in [-0.1, -0.05) is 0 Å². The van der Waals surface area contributed by atoms with Gasteiger partial charge in [0, 0.05) is 26.2 Å². The van der Waals surface area contributed by atoms with Gasteiger partial charge in [0.1, 0.15) is 10.9 Å². The van der Waals surface area contributed by atoms with Gasteiger partial charge in [0.15, 0.2) is 0 Å². The van der Waals surface area contributed by atoms with Gasteiger partial charge in [-0.2, -0.15) is 5.26 Å². The van der Waals surface area contributed by atoms with Crippen LogP contribution in [0.25, 0.3) is 0 Å². The lowest BCUT2D eigenvalue weighted by Gasteiger charge is -2.45. The number of carbonyl (C=O) groups excluding carboxylic acids is 1. The van der Waals surface area contributed by atoms with Crippen LogP contribution in [0.2, 0.25) is 0 Å². The smallest absolute Gasteiger partial charge is 0.209 e. The van der Waals surface area contributed by atoms with E-state index in [2.05, 4.69) is 11.0 Å². The van der Waals surface area contributed by atoms with Gasteiger partial charge >= 0.3 is 0 Å². The molecule has 3 heterocycles. The minimum absolute atomic E-state index is 0.0485. The first-order valence-corrected chi connectivity index (χ1v) is 7.64. The Bertz CT molecular complexity index is 551. The molecule has 2 fully saturated rings. The Labute approximate surface area is 122 Å². The van der Waals surface area contributed by atoms with Crippen LogP contribution >= 0.6 is 11.3 Å². The summed E-state index contributed by atoms with van der Waals surface area (Å²) in [6.45, 7) is 5.93. The number of amides is 1. The summed E-state index contributed by atoms with van der Waals surface area (Å²) in [5, 5.41) is 11.1. The van der Waals surface area contributed by atoms with Crippen LogP contribution < -0.4 is 0 Å². The van der Waals surface area contributed by atoms with Crippen molar-refractivity contribution in [2.75, 3.05) is 32.8 Å². The molecule has 20 heavy (non-hydrogen) atoms. The second kappa shape index (κ2) is 5.52. The fraction of sp³-hybridized carbons (Fsp3) is 0.571. The summed E-state index contributed by atoms with van der Waals surface area (Å²) in [7, 11) is 0. The molecule has 6 heteroatoms. The topological polar surface area (TPSA) is 56.6 Å². The molecule has 2 atom stereocenters. The molecule has 0 spiro atoms. The fourth-order valence-electron chi connectivity index (χ4n) is 2.95. The first-order chi connectivity index (χ1) is 9.72. The highest BCUT2D eigenvalue weighted by Gasteiger charge is 2.34. The average molecular weight is 291 g/mol. The van der Waals surface area contributed by atoms with E-state index in [9.17, 15) is 4.79 Å². The van der Waals surface area contributed by atoms with Crippen molar-refractivity contribution in [3.8, 4) is 6.07 Å². The summed E-state index contributed by atoms with van der Waals surface area (Å²) < 4.78 is 5.98. The Morgan fingerprint density at radius 2 is 2.35 bits per heavy atom. The maximum atomic E-state index is 10.8. The van der Waals surface area contributed by atoms with Crippen molar-refractivity contribution in [3.05, 3.63) is 21.4 Å². The van der Waals surface area contributed by atoms with Crippen molar-refractivity contribution in [1.82, 2.24) is 9.80 Å². The minimum Gasteiger partial charge on any atom is -0.370 e. The third-order valence-corrected chi connectivity index (χ3v) is 5.21. The van der Waals surface area contributed by atoms with E-state index in [0.717, 1.165) is 48.6 Å². The molecule has 0 saturated carbocycles. The van der Waals surface area contributed by atoms with Crippen LogP contribution in [0, 0.1) is 18.3 Å². The summed E-state index contributed by atoms with van der Waals surface area (Å²) in [5.74, 6) is 0. The van der Waals surface area contributed by atoms with Crippen LogP contribution in [0.4, 0.5) is 0 Å². The van der Waals surface area contributed by atoms with Gasteiger partial charge in [0.25, 0.3) is 0 Å². The minimum atomic E-state index is 0.0485. The van der Waals surface area contributed by atoms with E-state index >= 15 is 0 Å². The molecule has 2 saturated heterocycles. The van der Waals surface area contributed by atoms with Crippen LogP contribution in [0.3, 0.4) is 0 Å². The molecule has 0 bridgehead atoms. The van der Waals surface area contributed by atoms with Crippen LogP contribution in [0.1, 0.15) is 22.1 Å². The molecule has 0 aliphatic carbocycles. The summed E-state index contributed by atoms with van der Waals surface area (Å²) in [4.78, 5) is 15.8. The van der Waals surface area contributed by atoms with Crippen LogP contribution in [0.15, 0.2) is 5.38 Å². The lowest BCUT2D eigenvalue weighted by molar-refractivity contribution is -0.127. The first kappa shape index (κ1) is 13.6. The Morgan fingerprint density at radius 1 is 1.50 bits per heavy atom. The highest BCUT2D eigenvalue weighted by atomic mass is 32.1. The van der Waals surface area contributed by atoms with Crippen molar-refractivity contribution < 1.29 is 9.53 Å². The number of thiophene rings is 1. The van der Waals surface area contributed by atoms with E-state index < -0.39 is 0 Å². The van der Waals surface area contributed by atoms with Crippen molar-refractivity contribution in [2.45, 2.75) is 19.1 Å². The number of ether oxygens (including phenoxy) is 1. The number of rotatable bonds is 2. The molecule has 106 valence electrons. The number of hydrogen-bond donors (Lipinski definition) is 0. The van der Waals surface area contributed by atoms with Gasteiger partial charge in [-0.05, 0) is 23.4 Å². The van der Waals surface area contributed by atoms with Gasteiger partial charge in [-0.3, -0.25) is 9.69 Å². The average Bonchev–Trinajstić information content (AvgIpc) is 2.87. The zero-order valence-corrected chi connectivity index (χ0v) is 12.2. The van der Waals surface area contributed by atoms with Gasteiger partial charge in [-0.25, -0.2) is 0 Å². The van der Waals surface area contributed by atoms with E-state index in [-0.39, 0.29) is 6.10 Å². The lowest BCUT2D eigenvalue weighted by Crippen LogP contribution is -2.58. The lowest BCUT2D eigenvalue weighted by atomic mass is 10.0. The number of hydrogen-bond acceptors (Lipinski definition) is 5. The largest absolute Gasteiger partial charge is 0.370 e. The van der Waals surface area contributed by atoms with Crippen LogP contribution in [-0.4, -0.2) is 55.0 Å². The van der Waals surface area contributed by atoms with Gasteiger partial charge in [0.2, 0.25) is 6.41 Å². The summed E-state index contributed by atoms with van der Waals surface area (Å²) in [6, 6.07) is 2.53. The molecule has 1 amide bonds. The molecule has 0 N–H and O–H groups in total. The van der Waals surface area contributed by atoms with E-state index in [1.165, 1.54) is 11.3 Å². The second-order valence-corrected chi connectivity index (χ2v) is 6.21. The number of carbonyl (C=O) groups is 1. The molecule has 2 aliphatic rings. The SMILES string of the molecule is Cc1c(C2CN3CCN(C=O)CC3CO2)csc1C#N. The molecule has 3 rings (SSSR count). The molecule has 2 aliphatic heterocycles. The predicted octanol–water partition coefficient (Wildman–Crippen LogP) is 1.14. The molecular formula is C14H17N3O2S. The van der Waals surface area contributed by atoms with Crippen molar-refractivity contribution in [1.29, 1.82) is 5.26 Å². The molecule has 0 radical (unpaired) electrons. The second-order valence-electron chi connectivity index (χ2n) is 5.33. The normalized spacial score (nSPS) is 26.9. The molecule has 1 aromatic rings. The number of nitriles is 1. The van der Waals surface area contributed by atoms with Gasteiger partial charge in [-0.15, -0.1) is 11.3 Å². The monoisotopic (exact) mass is 291 g/mol. The van der Waals surface area contributed by atoms with Crippen molar-refractivity contribution >= 4 is 17.7 Å². The zero-order chi connectivity index (χ0) is 14.1. The van der Waals surface area contributed by atoms with Crippen LogP contribution in [-0.2, 0) is 9.53 Å². The van der Waals surface area contributed by atoms with Crippen molar-refractivity contribution in [2.24, 2.45) is 0 Å². The maximum absolute atomic E-state index is 10.8. The predicted molar refractivity (Wildman–Crippen MR) is 75.5 cm³/mol. The quantitative estimate of drug-likeness (QED) is 0.767. The number of nitrogens with zero attached hydrogens (tertiary/aromatic N) is 3. The molecule has 2 unspecified atom stereocenters. The summed E-state index contributed by atoms with van der Waals surface area (Å²) in [6.07, 6.45) is 0.971. The van der Waals surface area contributed by atoms with E-state index in [1.54, 1.807) is 0 Å². The third-order valence-electron chi connectivity index (χ3n) is 4.20. The van der Waals surface area contributed by atoms with E-state index in [4.69, 9.17) is 10.00 Å². The third kappa shape index (κ3) is 2.33. The number of piperazine rings is 1. The Kier molecular flexibility index (Phi) is 3.74. The fourth-order valence-corrected chi connectivity index (χ4v) is 3.87. The standard InChI is InChI=1S/C14H17N3O2S/c1-10-12(8-20-14(10)4-15)13-6-17-3-2-16(9-18)5-11(17)7-19-13/h8-9,11,13H,2-3,5-7H2,1H3. The molecule has 0 aromatic carbocycles. The number of morpholine rings is 1. The summed E-state index contributed by atoms with van der Waals surface area (Å²) >= 11 is 1.49. The van der Waals surface area contributed by atoms with Crippen LogP contribution in [0.5, 0.6) is 0 Å². The Morgan fingerprint density at radius 3 is 3.05 bits per heavy atom. The maximum Gasteiger partial charge on any atom is 0.209 e. The first-order valence-electron chi connectivity index (χ1n) is 6.76. The summed E-state index contributed by atoms with van der Waals surface area (Å²) in [5.41, 5.74) is 2.19. The molecule has 5 nitrogen and oxygen atoms in total. The highest BCUT2D eigenvalue weighted by molar-refractivity contribution is 7.10. The van der Waals surface area contributed by atoms with Gasteiger partial charge in [0.05, 0.1) is 18.8 Å². The van der Waals surface area contributed by atoms with E-state index in [0.29, 0.717) is 12.6 Å². The van der Waals surface area contributed by atoms with Gasteiger partial charge < -0.3 is 9.64 Å². The molecule has 1 aromatic heterocycles.